The van der Waals surface area contributed by atoms with E-state index < -0.39 is 28.4 Å². The molecule has 4 rings (SSSR count). The largest absolute Gasteiger partial charge is 0.545 e. The molecule has 2 aliphatic heterocycles. The Labute approximate surface area is 184 Å². The average molecular weight is 430 g/mol. The normalized spacial score (nSPS) is 42.0. The van der Waals surface area contributed by atoms with Crippen molar-refractivity contribution in [2.45, 2.75) is 91.8 Å². The Morgan fingerprint density at radius 2 is 1.71 bits per heavy atom. The number of carbonyl (C=O) groups is 3. The number of hydrogen-bond donors (Lipinski definition) is 0. The van der Waals surface area contributed by atoms with E-state index in [1.54, 1.807) is 13.8 Å². The summed E-state index contributed by atoms with van der Waals surface area (Å²) in [5, 5.41) is 11.8. The second-order valence-corrected chi connectivity index (χ2v) is 11.1. The quantitative estimate of drug-likeness (QED) is 0.469. The third-order valence-corrected chi connectivity index (χ3v) is 9.20. The minimum absolute atomic E-state index is 0.0907. The summed E-state index contributed by atoms with van der Waals surface area (Å²) in [6.45, 7) is 13.7. The first-order valence-electron chi connectivity index (χ1n) is 11.3. The minimum Gasteiger partial charge on any atom is -0.545 e. The summed E-state index contributed by atoms with van der Waals surface area (Å²) in [6.07, 6.45) is 3.36. The van der Waals surface area contributed by atoms with E-state index in [2.05, 4.69) is 13.8 Å². The van der Waals surface area contributed by atoms with Gasteiger partial charge < -0.3 is 19.4 Å². The number of carboxylic acids is 1. The van der Waals surface area contributed by atoms with Gasteiger partial charge in [0.1, 0.15) is 17.0 Å². The molecule has 0 amide bonds. The van der Waals surface area contributed by atoms with Crippen LogP contribution in [0.3, 0.4) is 0 Å². The molecule has 0 aromatic heterocycles. The minimum atomic E-state index is -1.43. The summed E-state index contributed by atoms with van der Waals surface area (Å²) < 4.78 is 12.8. The van der Waals surface area contributed by atoms with Crippen molar-refractivity contribution < 1.29 is 29.0 Å². The van der Waals surface area contributed by atoms with Gasteiger partial charge in [0, 0.05) is 35.3 Å². The highest BCUT2D eigenvalue weighted by molar-refractivity contribution is 6.24. The van der Waals surface area contributed by atoms with Gasteiger partial charge in [-0.25, -0.2) is 0 Å². The van der Waals surface area contributed by atoms with Gasteiger partial charge in [0.2, 0.25) is 0 Å². The summed E-state index contributed by atoms with van der Waals surface area (Å²) in [4.78, 5) is 37.2. The van der Waals surface area contributed by atoms with Gasteiger partial charge in [0.25, 0.3) is 0 Å². The number of cyclic esters (lactones) is 1. The molecule has 1 spiro atoms. The maximum Gasteiger partial charge on any atom is 0.306 e. The molecule has 6 heteroatoms. The Hall–Kier alpha value is -2.11. The number of fused-ring (bicyclic) bond motifs is 3. The molecule has 0 unspecified atom stereocenters. The summed E-state index contributed by atoms with van der Waals surface area (Å²) in [6, 6.07) is 0. The van der Waals surface area contributed by atoms with Crippen LogP contribution in [0.25, 0.3) is 0 Å². The third kappa shape index (κ3) is 2.66. The first-order valence-corrected chi connectivity index (χ1v) is 11.3. The van der Waals surface area contributed by atoms with Crippen LogP contribution in [-0.4, -0.2) is 28.9 Å². The van der Waals surface area contributed by atoms with E-state index >= 15 is 0 Å². The molecule has 5 atom stereocenters. The van der Waals surface area contributed by atoms with Crippen LogP contribution < -0.4 is 5.11 Å². The standard InChI is InChI=1S/C25H34O6/c1-13-8-9-16-22(4,5)30-17(26)10-11-24(16,7)25(13)12-23(6)15(3)18(21(28)29)19(27)14(2)20(23)31-25/h13,16H,8-12H2,1-7H3,(H,28,29)/p-1/t13-,16-,23+,24-,25-/m0/s1. The Kier molecular flexibility index (Phi) is 4.60. The number of carbonyl (C=O) groups excluding carboxylic acids is 3. The van der Waals surface area contributed by atoms with Crippen molar-refractivity contribution in [1.82, 2.24) is 0 Å². The second kappa shape index (κ2) is 6.46. The lowest BCUT2D eigenvalue weighted by Gasteiger charge is -2.59. The Morgan fingerprint density at radius 1 is 1.06 bits per heavy atom. The van der Waals surface area contributed by atoms with Crippen LogP contribution in [0.15, 0.2) is 22.5 Å². The predicted octanol–water partition coefficient (Wildman–Crippen LogP) is 3.24. The predicted molar refractivity (Wildman–Crippen MR) is 111 cm³/mol. The lowest BCUT2D eigenvalue weighted by atomic mass is 9.48. The number of rotatable bonds is 1. The van der Waals surface area contributed by atoms with Gasteiger partial charge >= 0.3 is 5.97 Å². The number of esters is 1. The summed E-state index contributed by atoms with van der Waals surface area (Å²) >= 11 is 0. The van der Waals surface area contributed by atoms with Crippen LogP contribution in [0, 0.1) is 22.7 Å². The van der Waals surface area contributed by atoms with E-state index in [1.807, 2.05) is 20.8 Å². The van der Waals surface area contributed by atoms with E-state index in [0.717, 1.165) is 12.8 Å². The van der Waals surface area contributed by atoms with E-state index in [9.17, 15) is 19.5 Å². The first-order chi connectivity index (χ1) is 14.2. The molecule has 6 nitrogen and oxygen atoms in total. The highest BCUT2D eigenvalue weighted by Gasteiger charge is 2.70. The Bertz CT molecular complexity index is 955. The monoisotopic (exact) mass is 429 g/mol. The van der Waals surface area contributed by atoms with Gasteiger partial charge in [-0.1, -0.05) is 13.8 Å². The van der Waals surface area contributed by atoms with Crippen molar-refractivity contribution in [3.05, 3.63) is 22.5 Å². The van der Waals surface area contributed by atoms with Crippen molar-refractivity contribution in [1.29, 1.82) is 0 Å². The molecule has 2 aliphatic carbocycles. The van der Waals surface area contributed by atoms with Gasteiger partial charge in [-0.15, -0.1) is 0 Å². The number of aliphatic carboxylic acids is 1. The lowest BCUT2D eigenvalue weighted by molar-refractivity contribution is -0.299. The maximum absolute atomic E-state index is 12.9. The molecular weight excluding hydrogens is 396 g/mol. The molecule has 0 aromatic carbocycles. The zero-order valence-electron chi connectivity index (χ0n) is 19.6. The zero-order valence-corrected chi connectivity index (χ0v) is 19.6. The van der Waals surface area contributed by atoms with Crippen LogP contribution in [-0.2, 0) is 23.9 Å². The van der Waals surface area contributed by atoms with Crippen molar-refractivity contribution in [2.24, 2.45) is 22.7 Å². The molecule has 0 bridgehead atoms. The molecule has 4 aliphatic rings. The fraction of sp³-hybridized carbons (Fsp3) is 0.720. The summed E-state index contributed by atoms with van der Waals surface area (Å²) in [5.74, 6) is -1.29. The lowest BCUT2D eigenvalue weighted by Crippen LogP contribution is -2.61. The number of carboxylic acid groups (broad SMARTS) is 1. The van der Waals surface area contributed by atoms with Crippen LogP contribution >= 0.6 is 0 Å². The van der Waals surface area contributed by atoms with Crippen molar-refractivity contribution in [3.63, 3.8) is 0 Å². The number of Topliss-reactive ketones (excluding diaryl/α,β-unsaturated/α-hetero) is 1. The number of allylic oxidation sites excluding steroid dienone is 2. The van der Waals surface area contributed by atoms with E-state index in [4.69, 9.17) is 9.47 Å². The van der Waals surface area contributed by atoms with Crippen LogP contribution in [0.2, 0.25) is 0 Å². The molecule has 1 saturated carbocycles. The molecule has 3 fully saturated rings. The number of hydrogen-bond acceptors (Lipinski definition) is 6. The van der Waals surface area contributed by atoms with Crippen molar-refractivity contribution in [3.8, 4) is 0 Å². The van der Waals surface area contributed by atoms with Crippen LogP contribution in [0.4, 0.5) is 0 Å². The van der Waals surface area contributed by atoms with E-state index in [1.165, 1.54) is 0 Å². The fourth-order valence-electron chi connectivity index (χ4n) is 7.41. The van der Waals surface area contributed by atoms with Crippen LogP contribution in [0.1, 0.15) is 80.6 Å². The maximum atomic E-state index is 12.9. The summed E-state index contributed by atoms with van der Waals surface area (Å²) in [7, 11) is 0. The molecule has 170 valence electrons. The second-order valence-electron chi connectivity index (χ2n) is 11.1. The Balaban J connectivity index is 1.93. The van der Waals surface area contributed by atoms with Gasteiger partial charge in [0.15, 0.2) is 5.78 Å². The van der Waals surface area contributed by atoms with E-state index in [0.29, 0.717) is 36.2 Å². The molecular formula is C25H33O6-. The van der Waals surface area contributed by atoms with Gasteiger partial charge in [-0.3, -0.25) is 9.59 Å². The summed E-state index contributed by atoms with van der Waals surface area (Å²) in [5.41, 5.74) is -1.72. The number of ether oxygens (including phenoxy) is 2. The fourth-order valence-corrected chi connectivity index (χ4v) is 7.41. The van der Waals surface area contributed by atoms with Gasteiger partial charge in [-0.05, 0) is 65.4 Å². The zero-order chi connectivity index (χ0) is 23.1. The van der Waals surface area contributed by atoms with Gasteiger partial charge in [-0.2, -0.15) is 0 Å². The van der Waals surface area contributed by atoms with Crippen molar-refractivity contribution in [2.75, 3.05) is 0 Å². The highest BCUT2D eigenvalue weighted by atomic mass is 16.6. The first kappa shape index (κ1) is 22.1. The SMILES string of the molecule is CC1=C2O[C@@]3(C[C@]2(C)C(C)=C(C(=O)[O-])C1=O)[C@@H](C)CC[C@H]1C(C)(C)OC(=O)CC[C@@]13C. The molecule has 2 heterocycles. The molecule has 0 N–H and O–H groups in total. The third-order valence-electron chi connectivity index (χ3n) is 9.20. The van der Waals surface area contributed by atoms with E-state index in [-0.39, 0.29) is 28.8 Å². The molecule has 0 radical (unpaired) electrons. The number of ketones is 1. The smallest absolute Gasteiger partial charge is 0.306 e. The topological polar surface area (TPSA) is 92.7 Å². The molecule has 2 saturated heterocycles. The molecule has 0 aromatic rings. The average Bonchev–Trinajstić information content (AvgIpc) is 2.95. The van der Waals surface area contributed by atoms with Crippen LogP contribution in [0.5, 0.6) is 0 Å². The Morgan fingerprint density at radius 3 is 2.32 bits per heavy atom. The molecule has 31 heavy (non-hydrogen) atoms. The van der Waals surface area contributed by atoms with Gasteiger partial charge in [0.05, 0.1) is 11.4 Å². The highest BCUT2D eigenvalue weighted by Crippen LogP contribution is 2.69. The van der Waals surface area contributed by atoms with Crippen molar-refractivity contribution >= 4 is 17.7 Å².